The minimum atomic E-state index is -0.307. The first-order valence-electron chi connectivity index (χ1n) is 9.91. The summed E-state index contributed by atoms with van der Waals surface area (Å²) in [5.41, 5.74) is 1.84. The highest BCUT2D eigenvalue weighted by Crippen LogP contribution is 2.24. The van der Waals surface area contributed by atoms with E-state index in [1.807, 2.05) is 34.5 Å². The normalized spacial score (nSPS) is 16.1. The summed E-state index contributed by atoms with van der Waals surface area (Å²) in [4.78, 5) is 12.3. The van der Waals surface area contributed by atoms with Gasteiger partial charge in [-0.15, -0.1) is 10.2 Å². The summed E-state index contributed by atoms with van der Waals surface area (Å²) < 4.78 is 22.9. The molecule has 3 aromatic rings. The summed E-state index contributed by atoms with van der Waals surface area (Å²) in [6, 6.07) is 10.2. The summed E-state index contributed by atoms with van der Waals surface area (Å²) >= 11 is 1.31. The SMILES string of the molecule is Cn1cccc1Cc1nnc(SCC(=O)NC[C@@H]2CCCO2)n1-c1ccc(F)cc1. The van der Waals surface area contributed by atoms with Crippen molar-refractivity contribution in [2.24, 2.45) is 7.05 Å². The Kier molecular flexibility index (Phi) is 6.49. The third-order valence-electron chi connectivity index (χ3n) is 5.06. The number of nitrogens with zero attached hydrogens (tertiary/aromatic N) is 4. The molecule has 0 bridgehead atoms. The number of aromatic nitrogens is 4. The number of thioether (sulfide) groups is 1. The Balaban J connectivity index is 1.49. The van der Waals surface area contributed by atoms with Crippen molar-refractivity contribution in [3.63, 3.8) is 0 Å². The van der Waals surface area contributed by atoms with Gasteiger partial charge >= 0.3 is 0 Å². The van der Waals surface area contributed by atoms with Gasteiger partial charge in [-0.2, -0.15) is 0 Å². The van der Waals surface area contributed by atoms with Gasteiger partial charge in [0, 0.05) is 44.2 Å². The van der Waals surface area contributed by atoms with Gasteiger partial charge in [0.15, 0.2) is 5.16 Å². The average molecular weight is 430 g/mol. The minimum absolute atomic E-state index is 0.0758. The highest BCUT2D eigenvalue weighted by Gasteiger charge is 2.19. The van der Waals surface area contributed by atoms with Gasteiger partial charge in [0.2, 0.25) is 5.91 Å². The lowest BCUT2D eigenvalue weighted by atomic mass is 10.2. The number of carbonyl (C=O) groups excluding carboxylic acids is 1. The summed E-state index contributed by atoms with van der Waals surface area (Å²) in [6.07, 6.45) is 4.68. The van der Waals surface area contributed by atoms with E-state index in [0.29, 0.717) is 18.1 Å². The van der Waals surface area contributed by atoms with Crippen molar-refractivity contribution < 1.29 is 13.9 Å². The standard InChI is InChI=1S/C21H24FN5O2S/c1-26-10-2-4-17(26)12-19-24-25-21(27(19)16-8-6-15(22)7-9-16)30-14-20(28)23-13-18-5-3-11-29-18/h2,4,6-10,18H,3,5,11-14H2,1H3,(H,23,28)/t18-/m0/s1. The molecular weight excluding hydrogens is 405 g/mol. The monoisotopic (exact) mass is 429 g/mol. The van der Waals surface area contributed by atoms with E-state index in [0.717, 1.165) is 36.7 Å². The first kappa shape index (κ1) is 20.6. The first-order valence-corrected chi connectivity index (χ1v) is 10.9. The predicted octanol–water partition coefficient (Wildman–Crippen LogP) is 2.72. The molecule has 1 saturated heterocycles. The van der Waals surface area contributed by atoms with Crippen LogP contribution in [-0.4, -0.2) is 50.2 Å². The van der Waals surface area contributed by atoms with E-state index in [1.54, 1.807) is 12.1 Å². The minimum Gasteiger partial charge on any atom is -0.376 e. The van der Waals surface area contributed by atoms with Gasteiger partial charge < -0.3 is 14.6 Å². The Labute approximate surface area is 178 Å². The quantitative estimate of drug-likeness (QED) is 0.558. The van der Waals surface area contributed by atoms with Crippen LogP contribution in [0, 0.1) is 5.82 Å². The predicted molar refractivity (Wildman–Crippen MR) is 112 cm³/mol. The maximum atomic E-state index is 13.4. The van der Waals surface area contributed by atoms with Crippen molar-refractivity contribution in [3.05, 3.63) is 59.9 Å². The molecule has 0 spiro atoms. The summed E-state index contributed by atoms with van der Waals surface area (Å²) in [7, 11) is 1.97. The fourth-order valence-corrected chi connectivity index (χ4v) is 4.21. The molecule has 0 aliphatic carbocycles. The van der Waals surface area contributed by atoms with Crippen LogP contribution in [-0.2, 0) is 23.0 Å². The van der Waals surface area contributed by atoms with Crippen molar-refractivity contribution in [1.82, 2.24) is 24.6 Å². The van der Waals surface area contributed by atoms with Crippen LogP contribution in [0.3, 0.4) is 0 Å². The summed E-state index contributed by atoms with van der Waals surface area (Å²) in [5.74, 6) is 0.563. The van der Waals surface area contributed by atoms with Crippen LogP contribution in [0.5, 0.6) is 0 Å². The molecule has 1 fully saturated rings. The molecule has 1 aromatic carbocycles. The van der Waals surface area contributed by atoms with Crippen LogP contribution >= 0.6 is 11.8 Å². The Morgan fingerprint density at radius 3 is 2.83 bits per heavy atom. The van der Waals surface area contributed by atoms with Crippen LogP contribution in [0.4, 0.5) is 4.39 Å². The largest absolute Gasteiger partial charge is 0.376 e. The second kappa shape index (κ2) is 9.44. The average Bonchev–Trinajstić information content (AvgIpc) is 3.48. The zero-order valence-corrected chi connectivity index (χ0v) is 17.6. The smallest absolute Gasteiger partial charge is 0.230 e. The molecule has 1 aliphatic rings. The number of amides is 1. The molecule has 0 unspecified atom stereocenters. The van der Waals surface area contributed by atoms with Gasteiger partial charge in [-0.1, -0.05) is 11.8 Å². The molecule has 4 rings (SSSR count). The second-order valence-electron chi connectivity index (χ2n) is 7.23. The van der Waals surface area contributed by atoms with Crippen LogP contribution < -0.4 is 5.32 Å². The molecule has 2 aromatic heterocycles. The van der Waals surface area contributed by atoms with E-state index in [4.69, 9.17) is 4.74 Å². The molecule has 0 saturated carbocycles. The van der Waals surface area contributed by atoms with Crippen LogP contribution in [0.25, 0.3) is 5.69 Å². The Morgan fingerprint density at radius 2 is 2.13 bits per heavy atom. The van der Waals surface area contributed by atoms with Gasteiger partial charge in [0.1, 0.15) is 11.6 Å². The molecule has 3 heterocycles. The third kappa shape index (κ3) is 4.91. The second-order valence-corrected chi connectivity index (χ2v) is 8.17. The highest BCUT2D eigenvalue weighted by atomic mass is 32.2. The fraction of sp³-hybridized carbons (Fsp3) is 0.381. The summed E-state index contributed by atoms with van der Waals surface area (Å²) in [6.45, 7) is 1.29. The van der Waals surface area contributed by atoms with E-state index in [9.17, 15) is 9.18 Å². The number of hydrogen-bond acceptors (Lipinski definition) is 5. The molecule has 0 radical (unpaired) electrons. The lowest BCUT2D eigenvalue weighted by Gasteiger charge is -2.12. The van der Waals surface area contributed by atoms with E-state index in [1.165, 1.54) is 23.9 Å². The highest BCUT2D eigenvalue weighted by molar-refractivity contribution is 7.99. The number of halogens is 1. The fourth-order valence-electron chi connectivity index (χ4n) is 3.41. The number of rotatable bonds is 8. The lowest BCUT2D eigenvalue weighted by Crippen LogP contribution is -2.32. The van der Waals surface area contributed by atoms with Crippen molar-refractivity contribution in [2.75, 3.05) is 18.9 Å². The number of carbonyl (C=O) groups is 1. The number of aryl methyl sites for hydroxylation is 1. The van der Waals surface area contributed by atoms with Crippen LogP contribution in [0.2, 0.25) is 0 Å². The molecule has 1 atom stereocenters. The zero-order chi connectivity index (χ0) is 20.9. The first-order chi connectivity index (χ1) is 14.6. The van der Waals surface area contributed by atoms with Gasteiger partial charge in [-0.3, -0.25) is 9.36 Å². The van der Waals surface area contributed by atoms with E-state index in [-0.39, 0.29) is 23.6 Å². The number of benzene rings is 1. The molecule has 9 heteroatoms. The van der Waals surface area contributed by atoms with Crippen molar-refractivity contribution in [2.45, 2.75) is 30.5 Å². The van der Waals surface area contributed by atoms with Crippen LogP contribution in [0.15, 0.2) is 47.8 Å². The molecule has 1 amide bonds. The van der Waals surface area contributed by atoms with Gasteiger partial charge in [-0.05, 0) is 49.2 Å². The molecule has 30 heavy (non-hydrogen) atoms. The van der Waals surface area contributed by atoms with Crippen molar-refractivity contribution in [1.29, 1.82) is 0 Å². The number of hydrogen-bond donors (Lipinski definition) is 1. The maximum absolute atomic E-state index is 13.4. The Morgan fingerprint density at radius 1 is 1.30 bits per heavy atom. The Bertz CT molecular complexity index is 995. The molecule has 1 N–H and O–H groups in total. The zero-order valence-electron chi connectivity index (χ0n) is 16.8. The summed E-state index contributed by atoms with van der Waals surface area (Å²) in [5, 5.41) is 12.2. The maximum Gasteiger partial charge on any atom is 0.230 e. The number of ether oxygens (including phenoxy) is 1. The van der Waals surface area contributed by atoms with E-state index in [2.05, 4.69) is 15.5 Å². The van der Waals surface area contributed by atoms with Gasteiger partial charge in [-0.25, -0.2) is 4.39 Å². The third-order valence-corrected chi connectivity index (χ3v) is 5.99. The molecule has 1 aliphatic heterocycles. The van der Waals surface area contributed by atoms with E-state index >= 15 is 0 Å². The van der Waals surface area contributed by atoms with Gasteiger partial charge in [0.25, 0.3) is 0 Å². The van der Waals surface area contributed by atoms with E-state index < -0.39 is 0 Å². The van der Waals surface area contributed by atoms with Crippen molar-refractivity contribution >= 4 is 17.7 Å². The molecule has 7 nitrogen and oxygen atoms in total. The molecule has 158 valence electrons. The Hall–Kier alpha value is -2.65. The van der Waals surface area contributed by atoms with Crippen LogP contribution in [0.1, 0.15) is 24.4 Å². The lowest BCUT2D eigenvalue weighted by molar-refractivity contribution is -0.119. The number of nitrogens with one attached hydrogen (secondary N) is 1. The van der Waals surface area contributed by atoms with Crippen molar-refractivity contribution in [3.8, 4) is 5.69 Å². The molecular formula is C21H24FN5O2S. The topological polar surface area (TPSA) is 74.0 Å². The van der Waals surface area contributed by atoms with Gasteiger partial charge in [0.05, 0.1) is 11.9 Å².